The molecule has 0 aromatic carbocycles. The third kappa shape index (κ3) is 1.32. The minimum absolute atomic E-state index is 0.487. The van der Waals surface area contributed by atoms with Crippen molar-refractivity contribution in [3.05, 3.63) is 25.0 Å². The molecule has 1 heterocycles. The number of esters is 1. The number of ether oxygens (including phenoxy) is 2. The van der Waals surface area contributed by atoms with Gasteiger partial charge < -0.3 is 9.47 Å². The second kappa shape index (κ2) is 1.93. The van der Waals surface area contributed by atoms with Crippen molar-refractivity contribution < 1.29 is 14.3 Å². The summed E-state index contributed by atoms with van der Waals surface area (Å²) in [5, 5.41) is 0. The highest BCUT2D eigenvalue weighted by atomic mass is 16.8. The van der Waals surface area contributed by atoms with Crippen LogP contribution in [0.5, 0.6) is 0 Å². The molecule has 0 amide bonds. The molecule has 0 bridgehead atoms. The smallest absolute Gasteiger partial charge is 0.333 e. The lowest BCUT2D eigenvalue weighted by Crippen LogP contribution is -2.01. The van der Waals surface area contributed by atoms with E-state index < -0.39 is 12.3 Å². The number of rotatable bonds is 2. The van der Waals surface area contributed by atoms with Crippen LogP contribution in [0, 0.1) is 0 Å². The van der Waals surface area contributed by atoms with Crippen molar-refractivity contribution in [3.63, 3.8) is 0 Å². The lowest BCUT2D eigenvalue weighted by atomic mass is 10.6. The Labute approximate surface area is 52.6 Å². The van der Waals surface area contributed by atoms with Crippen LogP contribution in [0.1, 0.15) is 0 Å². The summed E-state index contributed by atoms with van der Waals surface area (Å²) in [5.74, 6) is 0.00356. The summed E-state index contributed by atoms with van der Waals surface area (Å²) < 4.78 is 9.15. The van der Waals surface area contributed by atoms with Crippen molar-refractivity contribution in [2.24, 2.45) is 0 Å². The molecule has 0 aliphatic carbocycles. The average molecular weight is 126 g/mol. The fourth-order valence-corrected chi connectivity index (χ4v) is 0.347. The highest BCUT2D eigenvalue weighted by Gasteiger charge is 2.33. The number of epoxide rings is 1. The average Bonchev–Trinajstić information content (AvgIpc) is 2.47. The fourth-order valence-electron chi connectivity index (χ4n) is 0.347. The molecule has 0 saturated carbocycles. The molecule has 1 saturated heterocycles. The molecule has 1 unspecified atom stereocenters. The monoisotopic (exact) mass is 126 g/mol. The second-order valence-corrected chi connectivity index (χ2v) is 1.56. The molecule has 0 aromatic heterocycles. The van der Waals surface area contributed by atoms with Gasteiger partial charge in [-0.3, -0.25) is 0 Å². The molecule has 1 aliphatic heterocycles. The van der Waals surface area contributed by atoms with Gasteiger partial charge in [0.15, 0.2) is 5.76 Å². The van der Waals surface area contributed by atoms with E-state index in [-0.39, 0.29) is 0 Å². The Kier molecular flexibility index (Phi) is 1.26. The molecule has 0 spiro atoms. The predicted molar refractivity (Wildman–Crippen MR) is 30.3 cm³/mol. The van der Waals surface area contributed by atoms with Crippen molar-refractivity contribution in [1.29, 1.82) is 0 Å². The van der Waals surface area contributed by atoms with Crippen LogP contribution in [0.15, 0.2) is 25.0 Å². The maximum absolute atomic E-state index is 10.3. The Bertz CT molecular complexity index is 171. The van der Waals surface area contributed by atoms with Gasteiger partial charge in [-0.05, 0) is 0 Å². The fraction of sp³-hybridized carbons (Fsp3) is 0.167. The van der Waals surface area contributed by atoms with E-state index in [2.05, 4.69) is 22.6 Å². The molecular formula is C6H6O3. The Morgan fingerprint density at radius 1 is 1.89 bits per heavy atom. The molecule has 3 heteroatoms. The zero-order chi connectivity index (χ0) is 6.85. The molecule has 0 N–H and O–H groups in total. The molecule has 1 aliphatic rings. The van der Waals surface area contributed by atoms with E-state index in [1.54, 1.807) is 0 Å². The molecule has 1 rings (SSSR count). The largest absolute Gasteiger partial charge is 0.445 e. The van der Waals surface area contributed by atoms with Gasteiger partial charge in [0.25, 0.3) is 0 Å². The Balaban J connectivity index is 2.27. The van der Waals surface area contributed by atoms with E-state index in [1.807, 2.05) is 0 Å². The van der Waals surface area contributed by atoms with Crippen LogP contribution in [0.2, 0.25) is 0 Å². The molecule has 1 atom stereocenters. The quantitative estimate of drug-likeness (QED) is 0.308. The first-order valence-electron chi connectivity index (χ1n) is 2.42. The van der Waals surface area contributed by atoms with E-state index in [0.29, 0.717) is 5.76 Å². The van der Waals surface area contributed by atoms with Gasteiger partial charge in [-0.1, -0.05) is 13.2 Å². The molecule has 48 valence electrons. The van der Waals surface area contributed by atoms with Crippen LogP contribution in [0.25, 0.3) is 0 Å². The van der Waals surface area contributed by atoms with Crippen molar-refractivity contribution in [2.45, 2.75) is 6.29 Å². The van der Waals surface area contributed by atoms with Crippen molar-refractivity contribution >= 4 is 5.97 Å². The topological polar surface area (TPSA) is 38.8 Å². The van der Waals surface area contributed by atoms with Gasteiger partial charge in [-0.25, -0.2) is 4.79 Å². The first kappa shape index (κ1) is 5.88. The van der Waals surface area contributed by atoms with E-state index >= 15 is 0 Å². The van der Waals surface area contributed by atoms with Gasteiger partial charge in [0.1, 0.15) is 0 Å². The van der Waals surface area contributed by atoms with Gasteiger partial charge in [0.05, 0.1) is 0 Å². The third-order valence-electron chi connectivity index (χ3n) is 0.854. The summed E-state index contributed by atoms with van der Waals surface area (Å²) in [4.78, 5) is 10.3. The first-order chi connectivity index (χ1) is 4.24. The van der Waals surface area contributed by atoms with Gasteiger partial charge in [-0.15, -0.1) is 0 Å². The number of hydrogen-bond acceptors (Lipinski definition) is 3. The van der Waals surface area contributed by atoms with Crippen LogP contribution >= 0.6 is 0 Å². The molecule has 3 nitrogen and oxygen atoms in total. The standard InChI is InChI=1S/C6H6O3/c1-3-5(7)9-6-4(2)8-6/h3,6H,1-2H2. The van der Waals surface area contributed by atoms with E-state index in [1.165, 1.54) is 0 Å². The summed E-state index contributed by atoms with van der Waals surface area (Å²) in [5.41, 5.74) is 0. The van der Waals surface area contributed by atoms with Gasteiger partial charge >= 0.3 is 12.3 Å². The van der Waals surface area contributed by atoms with E-state index in [4.69, 9.17) is 0 Å². The normalized spacial score (nSPS) is 22.2. The van der Waals surface area contributed by atoms with Gasteiger partial charge in [0.2, 0.25) is 0 Å². The zero-order valence-corrected chi connectivity index (χ0v) is 4.79. The van der Waals surface area contributed by atoms with Crippen LogP contribution < -0.4 is 0 Å². The van der Waals surface area contributed by atoms with E-state index in [0.717, 1.165) is 6.08 Å². The van der Waals surface area contributed by atoms with E-state index in [9.17, 15) is 4.79 Å². The molecular weight excluding hydrogens is 120 g/mol. The van der Waals surface area contributed by atoms with Crippen LogP contribution in [-0.4, -0.2) is 12.3 Å². The SMILES string of the molecule is C=CC(=O)OC1OC1=C. The molecule has 0 aromatic rings. The highest BCUT2D eigenvalue weighted by molar-refractivity contribution is 5.81. The van der Waals surface area contributed by atoms with Crippen LogP contribution in [0.3, 0.4) is 0 Å². The summed E-state index contributed by atoms with van der Waals surface area (Å²) in [7, 11) is 0. The van der Waals surface area contributed by atoms with Gasteiger partial charge in [-0.2, -0.15) is 0 Å². The number of carbonyl (C=O) groups excluding carboxylic acids is 1. The summed E-state index contributed by atoms with van der Waals surface area (Å²) in [6.45, 7) is 6.61. The van der Waals surface area contributed by atoms with Crippen LogP contribution in [0.4, 0.5) is 0 Å². The van der Waals surface area contributed by atoms with Crippen molar-refractivity contribution in [1.82, 2.24) is 0 Å². The highest BCUT2D eigenvalue weighted by Crippen LogP contribution is 2.25. The first-order valence-corrected chi connectivity index (χ1v) is 2.42. The zero-order valence-electron chi connectivity index (χ0n) is 4.79. The summed E-state index contributed by atoms with van der Waals surface area (Å²) in [6, 6.07) is 0. The third-order valence-corrected chi connectivity index (χ3v) is 0.854. The number of hydrogen-bond donors (Lipinski definition) is 0. The lowest BCUT2D eigenvalue weighted by Gasteiger charge is -1.89. The minimum Gasteiger partial charge on any atom is -0.445 e. The van der Waals surface area contributed by atoms with Gasteiger partial charge in [0, 0.05) is 6.08 Å². The van der Waals surface area contributed by atoms with Crippen molar-refractivity contribution in [2.75, 3.05) is 0 Å². The summed E-state index contributed by atoms with van der Waals surface area (Å²) in [6.07, 6.45) is 0.560. The lowest BCUT2D eigenvalue weighted by molar-refractivity contribution is -0.142. The van der Waals surface area contributed by atoms with Crippen molar-refractivity contribution in [3.8, 4) is 0 Å². The Hall–Kier alpha value is -1.25. The summed E-state index contributed by atoms with van der Waals surface area (Å²) >= 11 is 0. The minimum atomic E-state index is -0.518. The predicted octanol–water partition coefficient (Wildman–Crippen LogP) is 0.586. The van der Waals surface area contributed by atoms with Crippen LogP contribution in [-0.2, 0) is 14.3 Å². The maximum atomic E-state index is 10.3. The second-order valence-electron chi connectivity index (χ2n) is 1.56. The molecule has 0 radical (unpaired) electrons. The maximum Gasteiger partial charge on any atom is 0.333 e. The molecule has 9 heavy (non-hydrogen) atoms. The Morgan fingerprint density at radius 2 is 2.44 bits per heavy atom. The Morgan fingerprint density at radius 3 is 2.78 bits per heavy atom. The molecule has 1 fully saturated rings. The number of carbonyl (C=O) groups is 1.